The molecule has 1 atom stereocenters. The quantitative estimate of drug-likeness (QED) is 0.558. The molecule has 2 amide bonds. The summed E-state index contributed by atoms with van der Waals surface area (Å²) in [6.07, 6.45) is 3.63. The Kier molecular flexibility index (Phi) is 8.08. The monoisotopic (exact) mass is 444 g/mol. The van der Waals surface area contributed by atoms with Crippen LogP contribution in [0.3, 0.4) is 0 Å². The topological polar surface area (TPSA) is 77.1 Å². The first-order valence-corrected chi connectivity index (χ1v) is 11.0. The summed E-state index contributed by atoms with van der Waals surface area (Å²) in [6, 6.07) is 9.14. The molecule has 166 valence electrons. The number of amides is 2. The Morgan fingerprint density at radius 1 is 1.32 bits per heavy atom. The predicted molar refractivity (Wildman–Crippen MR) is 121 cm³/mol. The summed E-state index contributed by atoms with van der Waals surface area (Å²) in [5.41, 5.74) is 0.924. The van der Waals surface area contributed by atoms with Gasteiger partial charge in [0.15, 0.2) is 11.5 Å². The Balaban J connectivity index is 1.80. The van der Waals surface area contributed by atoms with Gasteiger partial charge in [-0.05, 0) is 42.7 Å². The highest BCUT2D eigenvalue weighted by Gasteiger charge is 2.25. The summed E-state index contributed by atoms with van der Waals surface area (Å²) in [6.45, 7) is 7.12. The van der Waals surface area contributed by atoms with Gasteiger partial charge in [-0.15, -0.1) is 11.3 Å². The summed E-state index contributed by atoms with van der Waals surface area (Å²) in [5.74, 6) is 0.972. The number of hydrogen-bond acceptors (Lipinski definition) is 6. The molecule has 1 aliphatic heterocycles. The van der Waals surface area contributed by atoms with Gasteiger partial charge in [-0.3, -0.25) is 9.59 Å². The normalized spacial score (nSPS) is 15.4. The molecule has 1 fully saturated rings. The van der Waals surface area contributed by atoms with Gasteiger partial charge in [0.05, 0.1) is 23.1 Å². The minimum absolute atomic E-state index is 0.0239. The van der Waals surface area contributed by atoms with Crippen LogP contribution < -0.4 is 14.8 Å². The van der Waals surface area contributed by atoms with Gasteiger partial charge in [-0.25, -0.2) is 0 Å². The zero-order chi connectivity index (χ0) is 22.2. The number of methoxy groups -OCH3 is 1. The van der Waals surface area contributed by atoms with Crippen molar-refractivity contribution >= 4 is 28.2 Å². The van der Waals surface area contributed by atoms with Gasteiger partial charge < -0.3 is 24.4 Å². The number of thiophene rings is 1. The van der Waals surface area contributed by atoms with Crippen LogP contribution in [-0.4, -0.2) is 49.7 Å². The van der Waals surface area contributed by atoms with E-state index in [0.29, 0.717) is 41.1 Å². The van der Waals surface area contributed by atoms with Crippen molar-refractivity contribution in [1.29, 1.82) is 0 Å². The number of nitrogens with one attached hydrogen (secondary N) is 1. The molecule has 3 rings (SSSR count). The molecule has 0 radical (unpaired) electrons. The van der Waals surface area contributed by atoms with Crippen LogP contribution in [0.1, 0.15) is 35.0 Å². The SMILES string of the molecule is C=CCOc1ccc(CN(CC2CCCO2)C(=O)c2ccc(NC(C)=O)s2)cc1OC. The first kappa shape index (κ1) is 22.8. The Labute approximate surface area is 186 Å². The molecule has 7 nitrogen and oxygen atoms in total. The van der Waals surface area contributed by atoms with Gasteiger partial charge in [0.25, 0.3) is 5.91 Å². The highest BCUT2D eigenvalue weighted by molar-refractivity contribution is 7.18. The van der Waals surface area contributed by atoms with E-state index in [1.165, 1.54) is 18.3 Å². The number of anilines is 1. The third-order valence-electron chi connectivity index (χ3n) is 4.81. The zero-order valence-electron chi connectivity index (χ0n) is 17.9. The number of ether oxygens (including phenoxy) is 3. The van der Waals surface area contributed by atoms with Gasteiger partial charge in [-0.2, -0.15) is 0 Å². The minimum atomic E-state index is -0.164. The van der Waals surface area contributed by atoms with Crippen molar-refractivity contribution in [3.63, 3.8) is 0 Å². The molecule has 1 N–H and O–H groups in total. The molecule has 0 saturated carbocycles. The van der Waals surface area contributed by atoms with Crippen molar-refractivity contribution < 1.29 is 23.8 Å². The van der Waals surface area contributed by atoms with Crippen LogP contribution in [0.15, 0.2) is 43.0 Å². The molecule has 0 bridgehead atoms. The van der Waals surface area contributed by atoms with E-state index < -0.39 is 0 Å². The van der Waals surface area contributed by atoms with E-state index in [4.69, 9.17) is 14.2 Å². The van der Waals surface area contributed by atoms with E-state index in [0.717, 1.165) is 25.0 Å². The summed E-state index contributed by atoms with van der Waals surface area (Å²) in [4.78, 5) is 27.0. The highest BCUT2D eigenvalue weighted by Crippen LogP contribution is 2.30. The molecule has 2 heterocycles. The molecule has 2 aromatic rings. The number of hydrogen-bond donors (Lipinski definition) is 1. The van der Waals surface area contributed by atoms with Crippen molar-refractivity contribution in [2.45, 2.75) is 32.4 Å². The Bertz CT molecular complexity index is 920. The maximum atomic E-state index is 13.3. The lowest BCUT2D eigenvalue weighted by molar-refractivity contribution is -0.114. The molecule has 1 aliphatic rings. The fraction of sp³-hybridized carbons (Fsp3) is 0.391. The van der Waals surface area contributed by atoms with Crippen LogP contribution in [0.4, 0.5) is 5.00 Å². The Hall–Kier alpha value is -2.84. The Morgan fingerprint density at radius 3 is 2.84 bits per heavy atom. The van der Waals surface area contributed by atoms with E-state index in [1.807, 2.05) is 18.2 Å². The molecule has 1 saturated heterocycles. The van der Waals surface area contributed by atoms with Crippen LogP contribution in [-0.2, 0) is 16.1 Å². The molecule has 31 heavy (non-hydrogen) atoms. The second-order valence-corrected chi connectivity index (χ2v) is 8.33. The lowest BCUT2D eigenvalue weighted by atomic mass is 10.1. The number of carbonyl (C=O) groups is 2. The fourth-order valence-corrected chi connectivity index (χ4v) is 4.32. The first-order valence-electron chi connectivity index (χ1n) is 10.2. The summed E-state index contributed by atoms with van der Waals surface area (Å²) >= 11 is 1.27. The van der Waals surface area contributed by atoms with E-state index in [-0.39, 0.29) is 17.9 Å². The van der Waals surface area contributed by atoms with Crippen LogP contribution in [0.5, 0.6) is 11.5 Å². The van der Waals surface area contributed by atoms with Crippen molar-refractivity contribution in [2.75, 3.05) is 32.2 Å². The summed E-state index contributed by atoms with van der Waals surface area (Å²) in [5, 5.41) is 3.38. The average Bonchev–Trinajstić information content (AvgIpc) is 3.43. The average molecular weight is 445 g/mol. The molecule has 8 heteroatoms. The maximum absolute atomic E-state index is 13.3. The second-order valence-electron chi connectivity index (χ2n) is 7.25. The van der Waals surface area contributed by atoms with Crippen LogP contribution in [0, 0.1) is 0 Å². The molecule has 1 aromatic carbocycles. The van der Waals surface area contributed by atoms with Gasteiger partial charge in [-0.1, -0.05) is 18.7 Å². The molecule has 1 unspecified atom stereocenters. The molecular weight excluding hydrogens is 416 g/mol. The fourth-order valence-electron chi connectivity index (χ4n) is 3.40. The number of rotatable bonds is 10. The van der Waals surface area contributed by atoms with Gasteiger partial charge in [0, 0.05) is 26.6 Å². The van der Waals surface area contributed by atoms with E-state index in [2.05, 4.69) is 11.9 Å². The molecule has 1 aromatic heterocycles. The van der Waals surface area contributed by atoms with E-state index in [1.54, 1.807) is 30.2 Å². The molecular formula is C23H28N2O5S. The summed E-state index contributed by atoms with van der Waals surface area (Å²) < 4.78 is 16.8. The maximum Gasteiger partial charge on any atom is 0.264 e. The third kappa shape index (κ3) is 6.32. The Morgan fingerprint density at radius 2 is 2.16 bits per heavy atom. The van der Waals surface area contributed by atoms with Crippen molar-refractivity contribution in [1.82, 2.24) is 4.90 Å². The highest BCUT2D eigenvalue weighted by atomic mass is 32.1. The van der Waals surface area contributed by atoms with Crippen molar-refractivity contribution in [3.8, 4) is 11.5 Å². The minimum Gasteiger partial charge on any atom is -0.493 e. The van der Waals surface area contributed by atoms with Crippen molar-refractivity contribution in [3.05, 3.63) is 53.4 Å². The molecule has 0 aliphatic carbocycles. The number of carbonyl (C=O) groups excluding carboxylic acids is 2. The number of benzene rings is 1. The third-order valence-corrected chi connectivity index (χ3v) is 5.80. The standard InChI is InChI=1S/C23H28N2O5S/c1-4-11-30-19-8-7-17(13-20(19)28-3)14-25(15-18-6-5-12-29-18)23(27)21-9-10-22(31-21)24-16(2)26/h4,7-10,13,18H,1,5-6,11-12,14-15H2,2-3H3,(H,24,26). The van der Waals surface area contributed by atoms with E-state index >= 15 is 0 Å². The van der Waals surface area contributed by atoms with Gasteiger partial charge in [0.1, 0.15) is 6.61 Å². The van der Waals surface area contributed by atoms with Gasteiger partial charge in [0.2, 0.25) is 5.91 Å². The lowest BCUT2D eigenvalue weighted by Crippen LogP contribution is -2.36. The lowest BCUT2D eigenvalue weighted by Gasteiger charge is -2.25. The largest absolute Gasteiger partial charge is 0.493 e. The predicted octanol–water partition coefficient (Wildman–Crippen LogP) is 4.10. The van der Waals surface area contributed by atoms with Crippen LogP contribution in [0.2, 0.25) is 0 Å². The molecule has 0 spiro atoms. The first-order chi connectivity index (χ1) is 15.0. The van der Waals surface area contributed by atoms with E-state index in [9.17, 15) is 9.59 Å². The van der Waals surface area contributed by atoms with Crippen LogP contribution >= 0.6 is 11.3 Å². The van der Waals surface area contributed by atoms with Crippen molar-refractivity contribution in [2.24, 2.45) is 0 Å². The number of nitrogens with zero attached hydrogens (tertiary/aromatic N) is 1. The van der Waals surface area contributed by atoms with Gasteiger partial charge >= 0.3 is 0 Å². The summed E-state index contributed by atoms with van der Waals surface area (Å²) in [7, 11) is 1.59. The van der Waals surface area contributed by atoms with Crippen LogP contribution in [0.25, 0.3) is 0 Å². The zero-order valence-corrected chi connectivity index (χ0v) is 18.7. The second kappa shape index (κ2) is 11.0. The smallest absolute Gasteiger partial charge is 0.264 e.